The first-order valence-corrected chi connectivity index (χ1v) is 5.77. The molecule has 0 saturated carbocycles. The molecule has 0 unspecified atom stereocenters. The van der Waals surface area contributed by atoms with Crippen molar-refractivity contribution in [2.75, 3.05) is 6.61 Å². The summed E-state index contributed by atoms with van der Waals surface area (Å²) in [5.74, 6) is -0.650. The maximum absolute atomic E-state index is 11.7. The first kappa shape index (κ1) is 14.0. The fraction of sp³-hybridized carbons (Fsp3) is 0.286. The van der Waals surface area contributed by atoms with Gasteiger partial charge in [-0.3, -0.25) is 4.79 Å². The van der Waals surface area contributed by atoms with Crippen molar-refractivity contribution >= 4 is 17.6 Å². The Morgan fingerprint density at radius 1 is 1.17 bits per heavy atom. The van der Waals surface area contributed by atoms with Gasteiger partial charge in [0.25, 0.3) is 0 Å². The number of ether oxygens (including phenoxy) is 1. The quantitative estimate of drug-likeness (QED) is 0.655. The lowest BCUT2D eigenvalue weighted by Crippen LogP contribution is -2.22. The molecule has 1 rings (SSSR count). The van der Waals surface area contributed by atoms with Crippen LogP contribution in [0.2, 0.25) is 0 Å². The Morgan fingerprint density at radius 3 is 2.28 bits per heavy atom. The van der Waals surface area contributed by atoms with Crippen LogP contribution in [0.4, 0.5) is 0 Å². The number of nitrogens with one attached hydrogen (secondary N) is 1. The second-order valence-electron chi connectivity index (χ2n) is 3.77. The molecule has 0 aliphatic carbocycles. The standard InChI is InChI=1S/C14H17NO3/c1-4-18-14(17)10(2)13(15-11(3)16)12-8-6-5-7-9-12/h5-9H,4H2,1-3H3,(H,15,16). The number of benzene rings is 1. The molecule has 0 radical (unpaired) electrons. The van der Waals surface area contributed by atoms with Gasteiger partial charge in [0.05, 0.1) is 17.9 Å². The first-order chi connectivity index (χ1) is 8.56. The highest BCUT2D eigenvalue weighted by atomic mass is 16.5. The van der Waals surface area contributed by atoms with E-state index in [-0.39, 0.29) is 5.91 Å². The second-order valence-corrected chi connectivity index (χ2v) is 3.77. The van der Waals surface area contributed by atoms with Crippen LogP contribution in [0.1, 0.15) is 26.3 Å². The minimum absolute atomic E-state index is 0.225. The van der Waals surface area contributed by atoms with Gasteiger partial charge in [0.1, 0.15) is 0 Å². The monoisotopic (exact) mass is 247 g/mol. The zero-order chi connectivity index (χ0) is 13.5. The third-order valence-corrected chi connectivity index (χ3v) is 2.32. The first-order valence-electron chi connectivity index (χ1n) is 5.77. The van der Waals surface area contributed by atoms with Crippen molar-refractivity contribution in [3.05, 3.63) is 41.5 Å². The molecule has 0 saturated heterocycles. The van der Waals surface area contributed by atoms with Gasteiger partial charge in [-0.25, -0.2) is 4.79 Å². The van der Waals surface area contributed by atoms with Crippen LogP contribution in [0.3, 0.4) is 0 Å². The zero-order valence-corrected chi connectivity index (χ0v) is 10.8. The average Bonchev–Trinajstić information content (AvgIpc) is 2.36. The summed E-state index contributed by atoms with van der Waals surface area (Å²) >= 11 is 0. The maximum atomic E-state index is 11.7. The van der Waals surface area contributed by atoms with Gasteiger partial charge in [0.15, 0.2) is 0 Å². The Morgan fingerprint density at radius 2 is 1.78 bits per heavy atom. The summed E-state index contributed by atoms with van der Waals surface area (Å²) in [5, 5.41) is 2.68. The molecule has 0 spiro atoms. The fourth-order valence-corrected chi connectivity index (χ4v) is 1.50. The highest BCUT2D eigenvalue weighted by Gasteiger charge is 2.14. The summed E-state index contributed by atoms with van der Waals surface area (Å²) in [5.41, 5.74) is 1.65. The lowest BCUT2D eigenvalue weighted by atomic mass is 10.1. The summed E-state index contributed by atoms with van der Waals surface area (Å²) in [6.07, 6.45) is 0. The van der Waals surface area contributed by atoms with E-state index in [0.717, 1.165) is 5.56 Å². The zero-order valence-electron chi connectivity index (χ0n) is 10.8. The lowest BCUT2D eigenvalue weighted by molar-refractivity contribution is -0.138. The number of carbonyl (C=O) groups is 2. The van der Waals surface area contributed by atoms with Crippen molar-refractivity contribution in [2.45, 2.75) is 20.8 Å². The van der Waals surface area contributed by atoms with Crippen LogP contribution < -0.4 is 5.32 Å². The smallest absolute Gasteiger partial charge is 0.335 e. The van der Waals surface area contributed by atoms with E-state index < -0.39 is 5.97 Å². The van der Waals surface area contributed by atoms with Crippen LogP contribution >= 0.6 is 0 Å². The predicted octanol–water partition coefficient (Wildman–Crippen LogP) is 2.12. The minimum Gasteiger partial charge on any atom is -0.463 e. The van der Waals surface area contributed by atoms with Crippen molar-refractivity contribution in [1.29, 1.82) is 0 Å². The molecule has 1 amide bonds. The van der Waals surface area contributed by atoms with E-state index in [1.165, 1.54) is 6.92 Å². The highest BCUT2D eigenvalue weighted by Crippen LogP contribution is 2.16. The Kier molecular flexibility index (Phi) is 5.11. The summed E-state index contributed by atoms with van der Waals surface area (Å²) in [4.78, 5) is 22.9. The SMILES string of the molecule is CCOC(=O)C(C)=C(NC(C)=O)c1ccccc1. The summed E-state index contributed by atoms with van der Waals surface area (Å²) in [6.45, 7) is 5.09. The molecule has 1 aromatic carbocycles. The van der Waals surface area contributed by atoms with Crippen LogP contribution in [-0.2, 0) is 14.3 Å². The van der Waals surface area contributed by atoms with Crippen molar-refractivity contribution in [2.24, 2.45) is 0 Å². The van der Waals surface area contributed by atoms with Gasteiger partial charge >= 0.3 is 5.97 Å². The van der Waals surface area contributed by atoms with Gasteiger partial charge in [0.2, 0.25) is 5.91 Å². The van der Waals surface area contributed by atoms with E-state index in [9.17, 15) is 9.59 Å². The second kappa shape index (κ2) is 6.59. The Labute approximate surface area is 107 Å². The molecule has 1 N–H and O–H groups in total. The van der Waals surface area contributed by atoms with E-state index in [1.54, 1.807) is 13.8 Å². The summed E-state index contributed by atoms with van der Waals surface area (Å²) in [6, 6.07) is 9.21. The van der Waals surface area contributed by atoms with Gasteiger partial charge in [-0.1, -0.05) is 30.3 Å². The number of esters is 1. The molecule has 0 bridgehead atoms. The van der Waals surface area contributed by atoms with Gasteiger partial charge in [-0.05, 0) is 19.4 Å². The van der Waals surface area contributed by atoms with Crippen molar-refractivity contribution in [3.8, 4) is 0 Å². The number of hydrogen-bond donors (Lipinski definition) is 1. The van der Waals surface area contributed by atoms with Crippen molar-refractivity contribution < 1.29 is 14.3 Å². The largest absolute Gasteiger partial charge is 0.463 e. The molecule has 0 fully saturated rings. The molecule has 4 heteroatoms. The van der Waals surface area contributed by atoms with Gasteiger partial charge in [-0.15, -0.1) is 0 Å². The van der Waals surface area contributed by atoms with Gasteiger partial charge in [0, 0.05) is 6.92 Å². The molecule has 0 aliphatic heterocycles. The van der Waals surface area contributed by atoms with Crippen molar-refractivity contribution in [1.82, 2.24) is 5.32 Å². The Bertz CT molecular complexity index is 463. The van der Waals surface area contributed by atoms with Crippen LogP contribution in [0.15, 0.2) is 35.9 Å². The molecule has 96 valence electrons. The topological polar surface area (TPSA) is 55.4 Å². The molecule has 0 atom stereocenters. The fourth-order valence-electron chi connectivity index (χ4n) is 1.50. The normalized spacial score (nSPS) is 11.5. The van der Waals surface area contributed by atoms with Crippen molar-refractivity contribution in [3.63, 3.8) is 0 Å². The van der Waals surface area contributed by atoms with E-state index >= 15 is 0 Å². The van der Waals surface area contributed by atoms with Crippen LogP contribution in [0.25, 0.3) is 5.70 Å². The number of amides is 1. The minimum atomic E-state index is -0.426. The molecule has 4 nitrogen and oxygen atoms in total. The molecular weight excluding hydrogens is 230 g/mol. The Hall–Kier alpha value is -2.10. The van der Waals surface area contributed by atoms with Crippen LogP contribution in [0, 0.1) is 0 Å². The molecular formula is C14H17NO3. The van der Waals surface area contributed by atoms with E-state index in [0.29, 0.717) is 17.9 Å². The van der Waals surface area contributed by atoms with E-state index in [4.69, 9.17) is 4.74 Å². The van der Waals surface area contributed by atoms with Crippen LogP contribution in [-0.4, -0.2) is 18.5 Å². The number of rotatable bonds is 4. The average molecular weight is 247 g/mol. The third kappa shape index (κ3) is 3.73. The number of hydrogen-bond acceptors (Lipinski definition) is 3. The highest BCUT2D eigenvalue weighted by molar-refractivity contribution is 5.99. The maximum Gasteiger partial charge on any atom is 0.335 e. The lowest BCUT2D eigenvalue weighted by Gasteiger charge is -2.12. The van der Waals surface area contributed by atoms with Gasteiger partial charge in [-0.2, -0.15) is 0 Å². The summed E-state index contributed by atoms with van der Waals surface area (Å²) < 4.78 is 4.94. The predicted molar refractivity (Wildman–Crippen MR) is 69.5 cm³/mol. The van der Waals surface area contributed by atoms with Crippen LogP contribution in [0.5, 0.6) is 0 Å². The molecule has 1 aromatic rings. The summed E-state index contributed by atoms with van der Waals surface area (Å²) in [7, 11) is 0. The molecule has 0 aromatic heterocycles. The third-order valence-electron chi connectivity index (χ3n) is 2.32. The number of carbonyl (C=O) groups excluding carboxylic acids is 2. The van der Waals surface area contributed by atoms with E-state index in [1.807, 2.05) is 30.3 Å². The van der Waals surface area contributed by atoms with Gasteiger partial charge < -0.3 is 10.1 Å². The molecule has 18 heavy (non-hydrogen) atoms. The van der Waals surface area contributed by atoms with E-state index in [2.05, 4.69) is 5.32 Å². The molecule has 0 aliphatic rings. The Balaban J connectivity index is 3.16. The molecule has 0 heterocycles.